The molecule has 3 aromatic rings. The summed E-state index contributed by atoms with van der Waals surface area (Å²) in [6, 6.07) is 22.3. The number of piperidine rings is 1. The molecule has 1 saturated heterocycles. The van der Waals surface area contributed by atoms with Gasteiger partial charge >= 0.3 is 0 Å². The summed E-state index contributed by atoms with van der Waals surface area (Å²) in [6.45, 7) is 0.659. The second-order valence-electron chi connectivity index (χ2n) is 8.26. The molecule has 5 heteroatoms. The van der Waals surface area contributed by atoms with Crippen LogP contribution < -0.4 is 5.32 Å². The zero-order valence-electron chi connectivity index (χ0n) is 17.1. The van der Waals surface area contributed by atoms with Gasteiger partial charge in [-0.15, -0.1) is 0 Å². The van der Waals surface area contributed by atoms with Gasteiger partial charge in [0, 0.05) is 19.5 Å². The van der Waals surface area contributed by atoms with Gasteiger partial charge in [-0.3, -0.25) is 9.59 Å². The molecule has 2 amide bonds. The number of nitrogens with zero attached hydrogens (tertiary/aromatic N) is 1. The summed E-state index contributed by atoms with van der Waals surface area (Å²) in [5.74, 6) is -0.654. The van der Waals surface area contributed by atoms with Gasteiger partial charge in [-0.25, -0.2) is 4.39 Å². The van der Waals surface area contributed by atoms with E-state index < -0.39 is 0 Å². The van der Waals surface area contributed by atoms with E-state index >= 15 is 0 Å². The lowest BCUT2D eigenvalue weighted by molar-refractivity contribution is -0.139. The first-order valence-corrected chi connectivity index (χ1v) is 10.6. The van der Waals surface area contributed by atoms with Gasteiger partial charge in [0.1, 0.15) is 5.82 Å². The van der Waals surface area contributed by atoms with Gasteiger partial charge in [-0.2, -0.15) is 0 Å². The van der Waals surface area contributed by atoms with E-state index in [0.29, 0.717) is 25.9 Å². The number of likely N-dealkylation sites (tertiary alicyclic amines) is 1. The maximum absolute atomic E-state index is 13.5. The molecule has 1 fully saturated rings. The molecule has 0 bridgehead atoms. The molecule has 0 radical (unpaired) electrons. The van der Waals surface area contributed by atoms with E-state index in [-0.39, 0.29) is 29.6 Å². The first kappa shape index (κ1) is 19.5. The van der Waals surface area contributed by atoms with Crippen LogP contribution in [0.4, 0.5) is 4.39 Å². The van der Waals surface area contributed by atoms with Crippen LogP contribution >= 0.6 is 0 Å². The third kappa shape index (κ3) is 3.72. The lowest BCUT2D eigenvalue weighted by Crippen LogP contribution is -2.46. The van der Waals surface area contributed by atoms with Crippen molar-refractivity contribution in [3.63, 3.8) is 0 Å². The van der Waals surface area contributed by atoms with Crippen LogP contribution in [-0.4, -0.2) is 23.3 Å². The first-order chi connectivity index (χ1) is 15.1. The Hall–Kier alpha value is -3.47. The van der Waals surface area contributed by atoms with Crippen molar-refractivity contribution in [2.75, 3.05) is 6.54 Å². The van der Waals surface area contributed by atoms with Gasteiger partial charge in [0.15, 0.2) is 0 Å². The molecule has 156 valence electrons. The zero-order valence-corrected chi connectivity index (χ0v) is 17.1. The Balaban J connectivity index is 1.33. The van der Waals surface area contributed by atoms with Crippen molar-refractivity contribution in [2.24, 2.45) is 5.92 Å². The Kier molecular flexibility index (Phi) is 5.02. The molecule has 0 aromatic heterocycles. The molecule has 5 rings (SSSR count). The number of fused-ring (bicyclic) bond motifs is 3. The molecule has 1 N–H and O–H groups in total. The number of halogens is 1. The monoisotopic (exact) mass is 414 g/mol. The van der Waals surface area contributed by atoms with E-state index in [1.54, 1.807) is 17.0 Å². The van der Waals surface area contributed by atoms with Crippen LogP contribution in [0.1, 0.15) is 35.6 Å². The predicted molar refractivity (Wildman–Crippen MR) is 116 cm³/mol. The Morgan fingerprint density at radius 3 is 2.32 bits per heavy atom. The fraction of sp³-hybridized carbons (Fsp3) is 0.231. The summed E-state index contributed by atoms with van der Waals surface area (Å²) in [6.07, 6.45) is 0.853. The predicted octanol–water partition coefficient (Wildman–Crippen LogP) is 4.45. The number of carbonyl (C=O) groups excluding carboxylic acids is 2. The quantitative estimate of drug-likeness (QED) is 0.686. The van der Waals surface area contributed by atoms with Crippen LogP contribution in [0, 0.1) is 11.7 Å². The van der Waals surface area contributed by atoms with Crippen LogP contribution in [0.2, 0.25) is 0 Å². The second-order valence-corrected chi connectivity index (χ2v) is 8.26. The second kappa shape index (κ2) is 7.99. The van der Waals surface area contributed by atoms with Crippen molar-refractivity contribution >= 4 is 11.8 Å². The highest BCUT2D eigenvalue weighted by Gasteiger charge is 2.34. The standard InChI is InChI=1S/C26H23FN2O2/c27-19-7-5-6-17(14-19)15-29-16-18(12-13-24(29)30)26(31)28-25-22-10-3-1-8-20(22)21-9-2-4-11-23(21)25/h1-11,14,18,25H,12-13,15-16H2,(H,28,31)/t18-/m0/s1. The minimum atomic E-state index is -0.324. The van der Waals surface area contributed by atoms with Gasteiger partial charge in [0.05, 0.1) is 12.0 Å². The summed E-state index contributed by atoms with van der Waals surface area (Å²) in [5.41, 5.74) is 5.22. The van der Waals surface area contributed by atoms with Crippen molar-refractivity contribution in [1.82, 2.24) is 10.2 Å². The van der Waals surface area contributed by atoms with Gasteiger partial charge in [-0.1, -0.05) is 60.7 Å². The average molecular weight is 414 g/mol. The molecule has 1 aliphatic carbocycles. The van der Waals surface area contributed by atoms with Crippen LogP contribution in [-0.2, 0) is 16.1 Å². The van der Waals surface area contributed by atoms with Crippen LogP contribution in [0.25, 0.3) is 11.1 Å². The Morgan fingerprint density at radius 2 is 1.65 bits per heavy atom. The molecular formula is C26H23FN2O2. The summed E-state index contributed by atoms with van der Waals surface area (Å²) in [5, 5.41) is 3.23. The molecule has 1 heterocycles. The molecule has 0 saturated carbocycles. The molecule has 2 aliphatic rings. The largest absolute Gasteiger partial charge is 0.345 e. The van der Waals surface area contributed by atoms with Gasteiger partial charge in [-0.05, 0) is 46.4 Å². The highest BCUT2D eigenvalue weighted by molar-refractivity contribution is 5.86. The summed E-state index contributed by atoms with van der Waals surface area (Å²) >= 11 is 0. The highest BCUT2D eigenvalue weighted by Crippen LogP contribution is 2.43. The number of nitrogens with one attached hydrogen (secondary N) is 1. The number of hydrogen-bond donors (Lipinski definition) is 1. The molecule has 4 nitrogen and oxygen atoms in total. The van der Waals surface area contributed by atoms with Crippen LogP contribution in [0.15, 0.2) is 72.8 Å². The lowest BCUT2D eigenvalue weighted by Gasteiger charge is -2.32. The van der Waals surface area contributed by atoms with E-state index in [9.17, 15) is 14.0 Å². The summed E-state index contributed by atoms with van der Waals surface area (Å²) in [4.78, 5) is 27.3. The molecule has 0 spiro atoms. The maximum Gasteiger partial charge on any atom is 0.225 e. The van der Waals surface area contributed by atoms with Crippen molar-refractivity contribution in [3.05, 3.63) is 95.3 Å². The van der Waals surface area contributed by atoms with E-state index in [4.69, 9.17) is 0 Å². The normalized spacial score (nSPS) is 17.9. The number of rotatable bonds is 4. The minimum absolute atomic E-state index is 0.00451. The number of amides is 2. The highest BCUT2D eigenvalue weighted by atomic mass is 19.1. The Bertz CT molecular complexity index is 1110. The fourth-order valence-corrected chi connectivity index (χ4v) is 4.71. The average Bonchev–Trinajstić information content (AvgIpc) is 3.09. The van der Waals surface area contributed by atoms with Crippen molar-refractivity contribution in [3.8, 4) is 11.1 Å². The SMILES string of the molecule is O=C(NC1c2ccccc2-c2ccccc21)[C@H]1CCC(=O)N(Cc2cccc(F)c2)C1. The molecule has 1 aliphatic heterocycles. The summed E-state index contributed by atoms with van der Waals surface area (Å²) in [7, 11) is 0. The van der Waals surface area contributed by atoms with Crippen LogP contribution in [0.5, 0.6) is 0 Å². The van der Waals surface area contributed by atoms with Crippen molar-refractivity contribution < 1.29 is 14.0 Å². The lowest BCUT2D eigenvalue weighted by atomic mass is 9.95. The van der Waals surface area contributed by atoms with Crippen molar-refractivity contribution in [1.29, 1.82) is 0 Å². The van der Waals surface area contributed by atoms with E-state index in [1.165, 1.54) is 12.1 Å². The smallest absolute Gasteiger partial charge is 0.225 e. The van der Waals surface area contributed by atoms with Crippen LogP contribution in [0.3, 0.4) is 0 Å². The maximum atomic E-state index is 13.5. The third-order valence-electron chi connectivity index (χ3n) is 6.25. The van der Waals surface area contributed by atoms with E-state index in [2.05, 4.69) is 29.6 Å². The third-order valence-corrected chi connectivity index (χ3v) is 6.25. The number of carbonyl (C=O) groups is 2. The van der Waals surface area contributed by atoms with Gasteiger partial charge < -0.3 is 10.2 Å². The summed E-state index contributed by atoms with van der Waals surface area (Å²) < 4.78 is 13.5. The fourth-order valence-electron chi connectivity index (χ4n) is 4.71. The number of benzene rings is 3. The Labute approximate surface area is 180 Å². The van der Waals surface area contributed by atoms with Gasteiger partial charge in [0.25, 0.3) is 0 Å². The molecule has 3 aromatic carbocycles. The van der Waals surface area contributed by atoms with Crippen molar-refractivity contribution in [2.45, 2.75) is 25.4 Å². The Morgan fingerprint density at radius 1 is 0.968 bits per heavy atom. The molecular weight excluding hydrogens is 391 g/mol. The molecule has 0 unspecified atom stereocenters. The zero-order chi connectivity index (χ0) is 21.4. The first-order valence-electron chi connectivity index (χ1n) is 10.6. The topological polar surface area (TPSA) is 49.4 Å². The number of hydrogen-bond acceptors (Lipinski definition) is 2. The molecule has 31 heavy (non-hydrogen) atoms. The molecule has 1 atom stereocenters. The van der Waals surface area contributed by atoms with E-state index in [1.807, 2.05) is 24.3 Å². The van der Waals surface area contributed by atoms with E-state index in [0.717, 1.165) is 27.8 Å². The van der Waals surface area contributed by atoms with Gasteiger partial charge in [0.2, 0.25) is 11.8 Å². The minimum Gasteiger partial charge on any atom is -0.345 e.